The fourth-order valence-corrected chi connectivity index (χ4v) is 11.6. The van der Waals surface area contributed by atoms with Crippen LogP contribution < -0.4 is 31.9 Å². The maximum atomic E-state index is 14.4. The summed E-state index contributed by atoms with van der Waals surface area (Å²) in [7, 11) is 0. The predicted molar refractivity (Wildman–Crippen MR) is 290 cm³/mol. The molecule has 6 heterocycles. The lowest BCUT2D eigenvalue weighted by atomic mass is 9.85. The van der Waals surface area contributed by atoms with Crippen LogP contribution in [0, 0.1) is 33.1 Å². The molecule has 24 heteroatoms. The van der Waals surface area contributed by atoms with Crippen molar-refractivity contribution < 1.29 is 43.4 Å². The summed E-state index contributed by atoms with van der Waals surface area (Å²) in [6.45, 7) is 13.0. The maximum Gasteiger partial charge on any atom is 0.246 e. The molecule has 3 aliphatic rings. The number of carbonyl (C=O) groups excluding carboxylic acids is 7. The first-order valence-corrected chi connectivity index (χ1v) is 27.3. The molecule has 2 aromatic carbocycles. The number of nitrogens with one attached hydrogen (secondary N) is 6. The van der Waals surface area contributed by atoms with Gasteiger partial charge < -0.3 is 46.6 Å². The molecule has 7 atom stereocenters. The summed E-state index contributed by atoms with van der Waals surface area (Å²) in [4.78, 5) is 111. The van der Waals surface area contributed by atoms with E-state index in [1.165, 1.54) is 23.2 Å². The number of thiophene rings is 1. The summed E-state index contributed by atoms with van der Waals surface area (Å²) < 4.78 is 7.50. The number of halogens is 1. The van der Waals surface area contributed by atoms with Crippen molar-refractivity contribution in [3.63, 3.8) is 0 Å². The number of hydrogen-bond acceptors (Lipinski definition) is 15. The topological polar surface area (TPSA) is 280 Å². The van der Waals surface area contributed by atoms with Crippen molar-refractivity contribution >= 4 is 81.3 Å². The zero-order valence-electron chi connectivity index (χ0n) is 44.0. The molecular formula is C53H63ClN12O9S2. The number of aliphatic hydroxyl groups is 1. The summed E-state index contributed by atoms with van der Waals surface area (Å²) in [5.74, 6) is -3.80. The zero-order chi connectivity index (χ0) is 55.5. The molecule has 3 aliphatic heterocycles. The van der Waals surface area contributed by atoms with E-state index in [1.54, 1.807) is 49.8 Å². The van der Waals surface area contributed by atoms with Crippen molar-refractivity contribution in [2.45, 2.75) is 117 Å². The summed E-state index contributed by atoms with van der Waals surface area (Å²) in [5, 5.41) is 37.4. The molecule has 77 heavy (non-hydrogen) atoms. The quantitative estimate of drug-likeness (QED) is 0.118. The number of aryl methyl sites for hydroxylation is 3. The molecule has 7 amide bonds. The van der Waals surface area contributed by atoms with Gasteiger partial charge in [-0.15, -0.1) is 32.9 Å². The number of aliphatic hydroxyl groups excluding tert-OH is 1. The normalized spacial score (nSPS) is 23.2. The first-order chi connectivity index (χ1) is 36.6. The minimum Gasteiger partial charge on any atom is -0.391 e. The molecule has 5 aromatic rings. The van der Waals surface area contributed by atoms with Gasteiger partial charge in [0.2, 0.25) is 41.4 Å². The Bertz CT molecular complexity index is 3090. The number of nitrogens with zero attached hydrogens (tertiary/aromatic N) is 6. The predicted octanol–water partition coefficient (Wildman–Crippen LogP) is 3.09. The molecule has 0 unspecified atom stereocenters. The van der Waals surface area contributed by atoms with E-state index in [2.05, 4.69) is 47.1 Å². The van der Waals surface area contributed by atoms with Crippen LogP contribution in [0.5, 0.6) is 0 Å². The highest BCUT2D eigenvalue weighted by molar-refractivity contribution is 7.15. The lowest BCUT2D eigenvalue weighted by Crippen LogP contribution is -2.60. The number of carbonyl (C=O) groups is 7. The minimum absolute atomic E-state index is 0.0512. The van der Waals surface area contributed by atoms with Gasteiger partial charge in [-0.25, -0.2) is 4.98 Å². The van der Waals surface area contributed by atoms with E-state index in [0.717, 1.165) is 42.7 Å². The van der Waals surface area contributed by atoms with Gasteiger partial charge in [0.1, 0.15) is 53.7 Å². The van der Waals surface area contributed by atoms with Crippen LogP contribution in [0.1, 0.15) is 91.1 Å². The van der Waals surface area contributed by atoms with E-state index in [9.17, 15) is 38.7 Å². The number of thiazole rings is 1. The molecule has 0 spiro atoms. The second-order valence-corrected chi connectivity index (χ2v) is 23.0. The monoisotopic (exact) mass is 1110 g/mol. The van der Waals surface area contributed by atoms with Crippen LogP contribution in [0.15, 0.2) is 59.0 Å². The van der Waals surface area contributed by atoms with Gasteiger partial charge in [-0.2, -0.15) is 0 Å². The van der Waals surface area contributed by atoms with Crippen molar-refractivity contribution in [3.8, 4) is 15.4 Å². The molecule has 2 saturated heterocycles. The van der Waals surface area contributed by atoms with E-state index in [1.807, 2.05) is 68.7 Å². The molecule has 8 rings (SSSR count). The van der Waals surface area contributed by atoms with Crippen LogP contribution in [-0.4, -0.2) is 146 Å². The van der Waals surface area contributed by atoms with Crippen molar-refractivity contribution in [1.82, 2.24) is 56.5 Å². The summed E-state index contributed by atoms with van der Waals surface area (Å²) >= 11 is 9.33. The molecule has 21 nitrogen and oxygen atoms in total. The third-order valence-electron chi connectivity index (χ3n) is 13.7. The first-order valence-electron chi connectivity index (χ1n) is 25.2. The van der Waals surface area contributed by atoms with Crippen molar-refractivity contribution in [1.29, 1.82) is 0 Å². The number of aliphatic imine (C=N–C) groups is 1. The molecule has 0 saturated carbocycles. The van der Waals surface area contributed by atoms with Crippen molar-refractivity contribution in [3.05, 3.63) is 104 Å². The average Bonchev–Trinajstić information content (AvgIpc) is 4.16. The largest absolute Gasteiger partial charge is 0.391 e. The Balaban J connectivity index is 1.05. The Hall–Kier alpha value is -6.92. The molecular weight excluding hydrogens is 1050 g/mol. The number of rotatable bonds is 8. The van der Waals surface area contributed by atoms with Crippen LogP contribution in [0.2, 0.25) is 5.02 Å². The second kappa shape index (κ2) is 23.8. The highest BCUT2D eigenvalue weighted by Crippen LogP contribution is 2.40. The van der Waals surface area contributed by atoms with Gasteiger partial charge in [-0.3, -0.25) is 43.1 Å². The highest BCUT2D eigenvalue weighted by atomic mass is 35.5. The number of hydrogen-bond donors (Lipinski definition) is 7. The van der Waals surface area contributed by atoms with Gasteiger partial charge in [-0.1, -0.05) is 68.8 Å². The van der Waals surface area contributed by atoms with Gasteiger partial charge in [0.15, 0.2) is 5.82 Å². The smallest absolute Gasteiger partial charge is 0.246 e. The summed E-state index contributed by atoms with van der Waals surface area (Å²) in [6.07, 6.45) is -1.51. The Kier molecular flexibility index (Phi) is 17.4. The van der Waals surface area contributed by atoms with E-state index in [4.69, 9.17) is 21.3 Å². The molecule has 2 fully saturated rings. The summed E-state index contributed by atoms with van der Waals surface area (Å²) in [5.41, 5.74) is 6.58. The molecule has 0 radical (unpaired) electrons. The third-order valence-corrected chi connectivity index (χ3v) is 16.1. The van der Waals surface area contributed by atoms with E-state index in [0.29, 0.717) is 27.9 Å². The molecule has 0 bridgehead atoms. The van der Waals surface area contributed by atoms with Crippen LogP contribution in [-0.2, 0) is 44.7 Å². The minimum atomic E-state index is -1.40. The van der Waals surface area contributed by atoms with Gasteiger partial charge in [0.25, 0.3) is 0 Å². The highest BCUT2D eigenvalue weighted by Gasteiger charge is 2.45. The zero-order valence-corrected chi connectivity index (χ0v) is 46.4. The Labute approximate surface area is 458 Å². The SMILES string of the molecule is Cc1ncsc1-c1ccc(C[C@H]2NC(=O)[C@@H]3C[C@@H](O)CN3C(=O)[C@H](C(C)(C)C)NC(=O)COCCNC(=O)[C@@H](CNC(=O)C[C@@H]3N=C(c4ccc(Cl)cc4)c4c(sc(C)c4C)-n4c(C)nnc43)NC(=O)[C@@H](C)NC2=O)cc1. The molecule has 7 N–H and O–H groups in total. The van der Waals surface area contributed by atoms with Crippen LogP contribution in [0.25, 0.3) is 15.4 Å². The first kappa shape index (κ1) is 56.3. The molecule has 408 valence electrons. The number of benzene rings is 2. The van der Waals surface area contributed by atoms with E-state index < -0.39 is 102 Å². The number of fused-ring (bicyclic) bond motifs is 4. The standard InChI is InChI=1S/C53H63ClN12O9S2/c1-26-29(4)77-52-42(26)43(32-13-15-34(54)16-14-32)59-36(46-64-63-30(5)66(46)52)21-40(68)56-22-38-48(71)55-17-18-75-24-41(69)62-45(53(6,7)8)51(74)65-23-35(67)20-39(65)50(73)60-37(49(72)58-28(3)47(70)61-38)19-31-9-11-33(12-10-31)44-27(2)57-25-76-44/h9-16,25,28,35-39,45,67H,17-24H2,1-8H3,(H,55,71)(H,56,68)(H,58,72)(H,60,73)(H,61,70)(H,62,69)/t28-,35-,36+,37-,38-,39+,45-/m1/s1. The molecule has 3 aromatic heterocycles. The van der Waals surface area contributed by atoms with Crippen LogP contribution in [0.3, 0.4) is 0 Å². The van der Waals surface area contributed by atoms with Crippen molar-refractivity contribution in [2.24, 2.45) is 10.4 Å². The van der Waals surface area contributed by atoms with E-state index >= 15 is 0 Å². The fourth-order valence-electron chi connectivity index (χ4n) is 9.42. The lowest BCUT2D eigenvalue weighted by Gasteiger charge is -2.35. The average molecular weight is 1110 g/mol. The summed E-state index contributed by atoms with van der Waals surface area (Å²) in [6, 6.07) is 7.39. The van der Waals surface area contributed by atoms with Gasteiger partial charge in [0, 0.05) is 53.5 Å². The number of amides is 7. The Morgan fingerprint density at radius 1 is 0.883 bits per heavy atom. The second-order valence-electron chi connectivity index (χ2n) is 20.5. The Morgan fingerprint density at radius 3 is 2.27 bits per heavy atom. The maximum absolute atomic E-state index is 14.4. The van der Waals surface area contributed by atoms with Gasteiger partial charge in [-0.05, 0) is 68.9 Å². The van der Waals surface area contributed by atoms with Crippen LogP contribution >= 0.6 is 34.3 Å². The number of aromatic nitrogens is 4. The number of ether oxygens (including phenoxy) is 1. The molecule has 0 aliphatic carbocycles. The van der Waals surface area contributed by atoms with Gasteiger partial charge >= 0.3 is 0 Å². The van der Waals surface area contributed by atoms with Crippen molar-refractivity contribution in [2.75, 3.05) is 32.8 Å². The van der Waals surface area contributed by atoms with Crippen LogP contribution in [0.4, 0.5) is 0 Å². The van der Waals surface area contributed by atoms with Gasteiger partial charge in [0.05, 0.1) is 40.9 Å². The third kappa shape index (κ3) is 12.9. The fraction of sp³-hybridized carbons (Fsp3) is 0.453. The van der Waals surface area contributed by atoms with E-state index in [-0.39, 0.29) is 39.0 Å². The lowest BCUT2D eigenvalue weighted by molar-refractivity contribution is -0.145. The Morgan fingerprint density at radius 2 is 1.58 bits per heavy atom.